The second-order valence-electron chi connectivity index (χ2n) is 7.52. The fraction of sp³-hybridized carbons (Fsp3) is 0.476. The predicted octanol–water partition coefficient (Wildman–Crippen LogP) is 2.70. The van der Waals surface area contributed by atoms with Crippen LogP contribution in [-0.4, -0.2) is 53.6 Å². The smallest absolute Gasteiger partial charge is 0.257 e. The van der Waals surface area contributed by atoms with E-state index in [4.69, 9.17) is 4.74 Å². The van der Waals surface area contributed by atoms with Gasteiger partial charge < -0.3 is 14.5 Å². The first kappa shape index (κ1) is 17.8. The molecule has 27 heavy (non-hydrogen) atoms. The Labute approximate surface area is 160 Å². The molecule has 2 saturated heterocycles. The fourth-order valence-electron chi connectivity index (χ4n) is 4.27. The molecule has 1 amide bonds. The minimum absolute atomic E-state index is 0.0719. The van der Waals surface area contributed by atoms with Crippen molar-refractivity contribution in [3.8, 4) is 5.75 Å². The van der Waals surface area contributed by atoms with Crippen LogP contribution in [0.5, 0.6) is 5.75 Å². The molecular formula is C21H26N4O2. The van der Waals surface area contributed by atoms with Crippen molar-refractivity contribution in [2.24, 2.45) is 11.8 Å². The summed E-state index contributed by atoms with van der Waals surface area (Å²) in [5.41, 5.74) is 2.66. The summed E-state index contributed by atoms with van der Waals surface area (Å²) in [7, 11) is 0. The van der Waals surface area contributed by atoms with Crippen LogP contribution in [0, 0.1) is 25.7 Å². The maximum Gasteiger partial charge on any atom is 0.257 e. The quantitative estimate of drug-likeness (QED) is 0.833. The van der Waals surface area contributed by atoms with Gasteiger partial charge in [-0.05, 0) is 39.0 Å². The summed E-state index contributed by atoms with van der Waals surface area (Å²) in [4.78, 5) is 26.5. The molecule has 6 heteroatoms. The number of para-hydroxylation sites is 1. The third kappa shape index (κ3) is 3.48. The Balaban J connectivity index is 1.45. The molecular weight excluding hydrogens is 340 g/mol. The number of benzene rings is 1. The summed E-state index contributed by atoms with van der Waals surface area (Å²) in [6.07, 6.45) is 0. The van der Waals surface area contributed by atoms with E-state index in [1.807, 2.05) is 56.0 Å². The van der Waals surface area contributed by atoms with Crippen LogP contribution >= 0.6 is 0 Å². The maximum absolute atomic E-state index is 13.0. The van der Waals surface area contributed by atoms with Gasteiger partial charge in [0.05, 0.1) is 12.2 Å². The van der Waals surface area contributed by atoms with E-state index in [-0.39, 0.29) is 5.91 Å². The van der Waals surface area contributed by atoms with Crippen molar-refractivity contribution in [1.82, 2.24) is 14.9 Å². The molecule has 0 spiro atoms. The van der Waals surface area contributed by atoms with Gasteiger partial charge in [-0.3, -0.25) is 4.79 Å². The van der Waals surface area contributed by atoms with Crippen molar-refractivity contribution in [2.45, 2.75) is 20.8 Å². The number of likely N-dealkylation sites (tertiary alicyclic amines) is 1. The van der Waals surface area contributed by atoms with E-state index in [1.54, 1.807) is 0 Å². The molecule has 2 fully saturated rings. The fourth-order valence-corrected chi connectivity index (χ4v) is 4.27. The molecule has 4 rings (SSSR count). The van der Waals surface area contributed by atoms with E-state index in [0.29, 0.717) is 29.8 Å². The maximum atomic E-state index is 13.0. The van der Waals surface area contributed by atoms with E-state index in [9.17, 15) is 4.79 Å². The number of nitrogens with zero attached hydrogens (tertiary/aromatic N) is 4. The number of amides is 1. The van der Waals surface area contributed by atoms with Crippen LogP contribution in [0.3, 0.4) is 0 Å². The number of rotatable bonds is 4. The van der Waals surface area contributed by atoms with Crippen LogP contribution < -0.4 is 9.64 Å². The van der Waals surface area contributed by atoms with Gasteiger partial charge in [0.15, 0.2) is 0 Å². The first-order valence-electron chi connectivity index (χ1n) is 9.63. The number of anilines is 1. The minimum atomic E-state index is 0.0719. The third-order valence-electron chi connectivity index (χ3n) is 5.44. The molecule has 0 N–H and O–H groups in total. The standard InChI is InChI=1S/C21H26N4O2/c1-4-27-19-8-6-5-7-18(19)20(26)24-10-16-12-25(13-17(16)11-24)21-22-14(2)9-15(3)23-21/h5-9,16-17H,4,10-13H2,1-3H3. The number of hydrogen-bond acceptors (Lipinski definition) is 5. The summed E-state index contributed by atoms with van der Waals surface area (Å²) in [6.45, 7) is 9.88. The van der Waals surface area contributed by atoms with Crippen molar-refractivity contribution in [3.05, 3.63) is 47.3 Å². The molecule has 0 radical (unpaired) electrons. The second-order valence-corrected chi connectivity index (χ2v) is 7.52. The van der Waals surface area contributed by atoms with E-state index in [1.165, 1.54) is 0 Å². The van der Waals surface area contributed by atoms with Crippen molar-refractivity contribution in [3.63, 3.8) is 0 Å². The first-order chi connectivity index (χ1) is 13.0. The molecule has 0 saturated carbocycles. The lowest BCUT2D eigenvalue weighted by atomic mass is 10.0. The minimum Gasteiger partial charge on any atom is -0.493 e. The van der Waals surface area contributed by atoms with Crippen molar-refractivity contribution >= 4 is 11.9 Å². The molecule has 142 valence electrons. The number of carbonyl (C=O) groups excluding carboxylic acids is 1. The molecule has 6 nitrogen and oxygen atoms in total. The third-order valence-corrected chi connectivity index (χ3v) is 5.44. The van der Waals surface area contributed by atoms with Crippen LogP contribution in [0.25, 0.3) is 0 Å². The van der Waals surface area contributed by atoms with Crippen molar-refractivity contribution < 1.29 is 9.53 Å². The summed E-state index contributed by atoms with van der Waals surface area (Å²) >= 11 is 0. The highest BCUT2D eigenvalue weighted by Crippen LogP contribution is 2.34. The monoisotopic (exact) mass is 366 g/mol. The largest absolute Gasteiger partial charge is 0.493 e. The van der Waals surface area contributed by atoms with Gasteiger partial charge in [-0.25, -0.2) is 9.97 Å². The normalized spacial score (nSPS) is 21.4. The topological polar surface area (TPSA) is 58.6 Å². The van der Waals surface area contributed by atoms with Gasteiger partial charge >= 0.3 is 0 Å². The van der Waals surface area contributed by atoms with Gasteiger partial charge in [0.25, 0.3) is 5.91 Å². The Morgan fingerprint density at radius 3 is 2.33 bits per heavy atom. The first-order valence-corrected chi connectivity index (χ1v) is 9.63. The lowest BCUT2D eigenvalue weighted by Gasteiger charge is -2.23. The van der Waals surface area contributed by atoms with Crippen LogP contribution in [-0.2, 0) is 0 Å². The lowest BCUT2D eigenvalue weighted by molar-refractivity contribution is 0.0778. The number of carbonyl (C=O) groups is 1. The molecule has 2 aliphatic heterocycles. The average molecular weight is 366 g/mol. The number of ether oxygens (including phenoxy) is 1. The highest BCUT2D eigenvalue weighted by atomic mass is 16.5. The summed E-state index contributed by atoms with van der Waals surface area (Å²) in [5, 5.41) is 0. The molecule has 2 atom stereocenters. The Kier molecular flexibility index (Phi) is 4.72. The number of aryl methyl sites for hydroxylation is 2. The summed E-state index contributed by atoms with van der Waals surface area (Å²) < 4.78 is 5.64. The summed E-state index contributed by atoms with van der Waals surface area (Å²) in [6, 6.07) is 9.52. The van der Waals surface area contributed by atoms with Crippen molar-refractivity contribution in [1.29, 1.82) is 0 Å². The Hall–Kier alpha value is -2.63. The van der Waals surface area contributed by atoms with Gasteiger partial charge in [-0.1, -0.05) is 12.1 Å². The Morgan fingerprint density at radius 2 is 1.70 bits per heavy atom. The number of hydrogen-bond donors (Lipinski definition) is 0. The average Bonchev–Trinajstić information content (AvgIpc) is 3.20. The zero-order valence-electron chi connectivity index (χ0n) is 16.2. The van der Waals surface area contributed by atoms with Crippen LogP contribution in [0.4, 0.5) is 5.95 Å². The predicted molar refractivity (Wildman–Crippen MR) is 104 cm³/mol. The molecule has 2 aliphatic rings. The van der Waals surface area contributed by atoms with E-state index < -0.39 is 0 Å². The van der Waals surface area contributed by atoms with Gasteiger partial charge in [0.2, 0.25) is 5.95 Å². The summed E-state index contributed by atoms with van der Waals surface area (Å²) in [5.74, 6) is 2.51. The Morgan fingerprint density at radius 1 is 1.07 bits per heavy atom. The van der Waals surface area contributed by atoms with E-state index >= 15 is 0 Å². The van der Waals surface area contributed by atoms with Gasteiger partial charge in [-0.2, -0.15) is 0 Å². The molecule has 2 unspecified atom stereocenters. The zero-order valence-corrected chi connectivity index (χ0v) is 16.2. The SMILES string of the molecule is CCOc1ccccc1C(=O)N1CC2CN(c3nc(C)cc(C)n3)CC2C1. The Bertz CT molecular complexity index is 820. The van der Waals surface area contributed by atoms with E-state index in [0.717, 1.165) is 43.5 Å². The highest BCUT2D eigenvalue weighted by molar-refractivity contribution is 5.97. The molecule has 1 aromatic heterocycles. The molecule has 1 aromatic carbocycles. The second kappa shape index (κ2) is 7.18. The van der Waals surface area contributed by atoms with Gasteiger partial charge in [0, 0.05) is 49.4 Å². The molecule has 2 aromatic rings. The number of aromatic nitrogens is 2. The molecule has 3 heterocycles. The lowest BCUT2D eigenvalue weighted by Crippen LogP contribution is -2.34. The zero-order chi connectivity index (χ0) is 19.0. The molecule has 0 aliphatic carbocycles. The highest BCUT2D eigenvalue weighted by Gasteiger charge is 2.42. The van der Waals surface area contributed by atoms with E-state index in [2.05, 4.69) is 14.9 Å². The number of fused-ring (bicyclic) bond motifs is 1. The van der Waals surface area contributed by atoms with Crippen LogP contribution in [0.1, 0.15) is 28.7 Å². The molecule has 0 bridgehead atoms. The van der Waals surface area contributed by atoms with Crippen molar-refractivity contribution in [2.75, 3.05) is 37.7 Å². The van der Waals surface area contributed by atoms with Crippen LogP contribution in [0.2, 0.25) is 0 Å². The van der Waals surface area contributed by atoms with Crippen LogP contribution in [0.15, 0.2) is 30.3 Å². The van der Waals surface area contributed by atoms with Gasteiger partial charge in [0.1, 0.15) is 5.75 Å². The van der Waals surface area contributed by atoms with Gasteiger partial charge in [-0.15, -0.1) is 0 Å².